The molecule has 0 aromatic heterocycles. The molecule has 0 aliphatic carbocycles. The van der Waals surface area contributed by atoms with Gasteiger partial charge in [0.25, 0.3) is 0 Å². The summed E-state index contributed by atoms with van der Waals surface area (Å²) in [6, 6.07) is 8.19. The van der Waals surface area contributed by atoms with Crippen LogP contribution in [-0.4, -0.2) is 30.8 Å². The van der Waals surface area contributed by atoms with Crippen LogP contribution in [0.2, 0.25) is 0 Å². The maximum Gasteiger partial charge on any atom is 0.304 e. The molecule has 0 saturated carbocycles. The highest BCUT2D eigenvalue weighted by Gasteiger charge is 1.99. The molecule has 0 heterocycles. The Labute approximate surface area is 146 Å². The van der Waals surface area contributed by atoms with Crippen LogP contribution in [-0.2, 0) is 11.2 Å². The molecule has 0 saturated heterocycles. The number of unbranched alkanes of at least 4 members (excludes halogenated alkanes) is 6. The molecule has 0 aliphatic heterocycles. The van der Waals surface area contributed by atoms with Crippen molar-refractivity contribution in [2.45, 2.75) is 64.7 Å². The number of rotatable bonds is 15. The SMILES string of the molecule is CCCCCCCCCOc1cccc(CCNCCC(=O)O)c1. The lowest BCUT2D eigenvalue weighted by atomic mass is 10.1. The third-order valence-corrected chi connectivity index (χ3v) is 4.02. The second-order valence-electron chi connectivity index (χ2n) is 6.26. The topological polar surface area (TPSA) is 58.6 Å². The molecule has 4 heteroatoms. The molecule has 2 N–H and O–H groups in total. The predicted molar refractivity (Wildman–Crippen MR) is 98.8 cm³/mol. The predicted octanol–water partition coefficient (Wildman–Crippen LogP) is 4.42. The van der Waals surface area contributed by atoms with Gasteiger partial charge in [-0.1, -0.05) is 57.6 Å². The van der Waals surface area contributed by atoms with Crippen LogP contribution in [0, 0.1) is 0 Å². The van der Waals surface area contributed by atoms with E-state index in [-0.39, 0.29) is 6.42 Å². The Balaban J connectivity index is 2.10. The van der Waals surface area contributed by atoms with Gasteiger partial charge < -0.3 is 15.2 Å². The lowest BCUT2D eigenvalue weighted by molar-refractivity contribution is -0.136. The first-order chi connectivity index (χ1) is 11.7. The highest BCUT2D eigenvalue weighted by Crippen LogP contribution is 2.14. The molecule has 0 bridgehead atoms. The van der Waals surface area contributed by atoms with Gasteiger partial charge in [-0.05, 0) is 37.1 Å². The number of carboxylic acid groups (broad SMARTS) is 1. The van der Waals surface area contributed by atoms with Gasteiger partial charge in [-0.2, -0.15) is 0 Å². The van der Waals surface area contributed by atoms with Crippen molar-refractivity contribution < 1.29 is 14.6 Å². The number of aliphatic carboxylic acids is 1. The van der Waals surface area contributed by atoms with E-state index in [2.05, 4.69) is 24.4 Å². The van der Waals surface area contributed by atoms with Gasteiger partial charge in [0.15, 0.2) is 0 Å². The molecule has 24 heavy (non-hydrogen) atoms. The molecule has 4 nitrogen and oxygen atoms in total. The fraction of sp³-hybridized carbons (Fsp3) is 0.650. The Kier molecular flexibility index (Phi) is 11.8. The van der Waals surface area contributed by atoms with Crippen molar-refractivity contribution in [2.24, 2.45) is 0 Å². The molecule has 136 valence electrons. The quantitative estimate of drug-likeness (QED) is 0.466. The van der Waals surface area contributed by atoms with Crippen LogP contribution in [0.4, 0.5) is 0 Å². The molecular formula is C20H33NO3. The minimum atomic E-state index is -0.761. The van der Waals surface area contributed by atoms with E-state index in [9.17, 15) is 4.79 Å². The third-order valence-electron chi connectivity index (χ3n) is 4.02. The molecule has 0 atom stereocenters. The second kappa shape index (κ2) is 13.8. The summed E-state index contributed by atoms with van der Waals surface area (Å²) in [4.78, 5) is 10.4. The van der Waals surface area contributed by atoms with E-state index in [0.717, 1.165) is 31.7 Å². The van der Waals surface area contributed by atoms with Gasteiger partial charge in [0.2, 0.25) is 0 Å². The van der Waals surface area contributed by atoms with Gasteiger partial charge >= 0.3 is 5.97 Å². The fourth-order valence-electron chi connectivity index (χ4n) is 2.59. The number of hydrogen-bond donors (Lipinski definition) is 2. The number of benzene rings is 1. The largest absolute Gasteiger partial charge is 0.494 e. The molecule has 1 rings (SSSR count). The summed E-state index contributed by atoms with van der Waals surface area (Å²) < 4.78 is 5.84. The molecule has 0 radical (unpaired) electrons. The Bertz CT molecular complexity index is 448. The first kappa shape index (κ1) is 20.5. The summed E-state index contributed by atoms with van der Waals surface area (Å²) in [5, 5.41) is 11.7. The van der Waals surface area contributed by atoms with E-state index < -0.39 is 5.97 Å². The van der Waals surface area contributed by atoms with Gasteiger partial charge in [-0.25, -0.2) is 0 Å². The van der Waals surface area contributed by atoms with Crippen LogP contribution in [0.25, 0.3) is 0 Å². The van der Waals surface area contributed by atoms with E-state index >= 15 is 0 Å². The minimum absolute atomic E-state index is 0.168. The smallest absolute Gasteiger partial charge is 0.304 e. The van der Waals surface area contributed by atoms with Crippen LogP contribution >= 0.6 is 0 Å². The van der Waals surface area contributed by atoms with E-state index in [1.54, 1.807) is 0 Å². The molecule has 0 amide bonds. The van der Waals surface area contributed by atoms with E-state index in [1.807, 2.05) is 12.1 Å². The summed E-state index contributed by atoms with van der Waals surface area (Å²) in [7, 11) is 0. The van der Waals surface area contributed by atoms with Gasteiger partial charge in [0.05, 0.1) is 13.0 Å². The van der Waals surface area contributed by atoms with Gasteiger partial charge in [-0.3, -0.25) is 4.79 Å². The first-order valence-corrected chi connectivity index (χ1v) is 9.36. The highest BCUT2D eigenvalue weighted by atomic mass is 16.5. The number of ether oxygens (including phenoxy) is 1. The zero-order valence-electron chi connectivity index (χ0n) is 15.1. The first-order valence-electron chi connectivity index (χ1n) is 9.36. The molecule has 0 unspecified atom stereocenters. The van der Waals surface area contributed by atoms with E-state index in [0.29, 0.717) is 6.54 Å². The highest BCUT2D eigenvalue weighted by molar-refractivity contribution is 5.66. The average Bonchev–Trinajstić information content (AvgIpc) is 2.57. The number of carbonyl (C=O) groups is 1. The maximum atomic E-state index is 10.4. The Morgan fingerprint density at radius 1 is 1.08 bits per heavy atom. The van der Waals surface area contributed by atoms with Crippen LogP contribution in [0.5, 0.6) is 5.75 Å². The van der Waals surface area contributed by atoms with Crippen LogP contribution in [0.15, 0.2) is 24.3 Å². The zero-order chi connectivity index (χ0) is 17.5. The average molecular weight is 335 g/mol. The van der Waals surface area contributed by atoms with Gasteiger partial charge in [-0.15, -0.1) is 0 Å². The Morgan fingerprint density at radius 3 is 2.58 bits per heavy atom. The van der Waals surface area contributed by atoms with E-state index in [1.165, 1.54) is 44.1 Å². The lowest BCUT2D eigenvalue weighted by Crippen LogP contribution is -2.20. The van der Waals surface area contributed by atoms with Crippen molar-refractivity contribution in [3.63, 3.8) is 0 Å². The Hall–Kier alpha value is -1.55. The number of hydrogen-bond acceptors (Lipinski definition) is 3. The maximum absolute atomic E-state index is 10.4. The molecular weight excluding hydrogens is 302 g/mol. The van der Waals surface area contributed by atoms with Crippen molar-refractivity contribution in [1.82, 2.24) is 5.32 Å². The summed E-state index contributed by atoms with van der Waals surface area (Å²) in [5.41, 5.74) is 1.22. The Morgan fingerprint density at radius 2 is 1.83 bits per heavy atom. The zero-order valence-corrected chi connectivity index (χ0v) is 15.1. The normalized spacial score (nSPS) is 10.7. The summed E-state index contributed by atoms with van der Waals surface area (Å²) in [5.74, 6) is 0.173. The van der Waals surface area contributed by atoms with Crippen molar-refractivity contribution in [3.05, 3.63) is 29.8 Å². The van der Waals surface area contributed by atoms with E-state index in [4.69, 9.17) is 9.84 Å². The summed E-state index contributed by atoms with van der Waals surface area (Å²) in [6.07, 6.45) is 10.1. The molecule has 1 aromatic rings. The minimum Gasteiger partial charge on any atom is -0.494 e. The molecule has 0 fully saturated rings. The van der Waals surface area contributed by atoms with Crippen LogP contribution < -0.4 is 10.1 Å². The van der Waals surface area contributed by atoms with Crippen molar-refractivity contribution in [3.8, 4) is 5.75 Å². The molecule has 0 aliphatic rings. The van der Waals surface area contributed by atoms with Crippen molar-refractivity contribution in [2.75, 3.05) is 19.7 Å². The molecule has 1 aromatic carbocycles. The summed E-state index contributed by atoms with van der Waals surface area (Å²) >= 11 is 0. The van der Waals surface area contributed by atoms with Crippen LogP contribution in [0.1, 0.15) is 63.9 Å². The second-order valence-corrected chi connectivity index (χ2v) is 6.26. The van der Waals surface area contributed by atoms with Crippen molar-refractivity contribution >= 4 is 5.97 Å². The number of nitrogens with one attached hydrogen (secondary N) is 1. The standard InChI is InChI=1S/C20H33NO3/c1-2-3-4-5-6-7-8-16-24-19-11-9-10-18(17-19)12-14-21-15-13-20(22)23/h9-11,17,21H,2-8,12-16H2,1H3,(H,22,23). The van der Waals surface area contributed by atoms with Gasteiger partial charge in [0, 0.05) is 6.54 Å². The van der Waals surface area contributed by atoms with Crippen molar-refractivity contribution in [1.29, 1.82) is 0 Å². The monoisotopic (exact) mass is 335 g/mol. The lowest BCUT2D eigenvalue weighted by Gasteiger charge is -2.09. The summed E-state index contributed by atoms with van der Waals surface area (Å²) in [6.45, 7) is 4.33. The fourth-order valence-corrected chi connectivity index (χ4v) is 2.59. The molecule has 0 spiro atoms. The number of carboxylic acids is 1. The van der Waals surface area contributed by atoms with Gasteiger partial charge in [0.1, 0.15) is 5.75 Å². The third kappa shape index (κ3) is 11.1. The van der Waals surface area contributed by atoms with Crippen LogP contribution in [0.3, 0.4) is 0 Å².